The molecule has 1 aliphatic heterocycles. The fourth-order valence-electron chi connectivity index (χ4n) is 2.91. The summed E-state index contributed by atoms with van der Waals surface area (Å²) in [6, 6.07) is 4.34. The lowest BCUT2D eigenvalue weighted by molar-refractivity contribution is -0.193. The highest BCUT2D eigenvalue weighted by molar-refractivity contribution is 6.30. The molecule has 1 atom stereocenters. The van der Waals surface area contributed by atoms with Gasteiger partial charge in [-0.2, -0.15) is 13.2 Å². The molecule has 0 spiro atoms. The maximum atomic E-state index is 14.3. The molecule has 0 bridgehead atoms. The van der Waals surface area contributed by atoms with Crippen LogP contribution in [0.15, 0.2) is 24.3 Å². The van der Waals surface area contributed by atoms with Crippen molar-refractivity contribution >= 4 is 35.3 Å². The number of rotatable bonds is 4. The summed E-state index contributed by atoms with van der Waals surface area (Å²) in [4.78, 5) is 36.8. The number of halogens is 5. The second-order valence-electron chi connectivity index (χ2n) is 6.59. The molecule has 0 amide bonds. The van der Waals surface area contributed by atoms with Crippen molar-refractivity contribution in [3.05, 3.63) is 40.7 Å². The van der Waals surface area contributed by atoms with Crippen molar-refractivity contribution in [1.29, 1.82) is 0 Å². The summed E-state index contributed by atoms with van der Waals surface area (Å²) in [5, 5.41) is 7.76. The first kappa shape index (κ1) is 24.3. The highest BCUT2D eigenvalue weighted by atomic mass is 35.5. The quantitative estimate of drug-likeness (QED) is 0.362. The molecule has 3 rings (SSSR count). The largest absolute Gasteiger partial charge is 0.491 e. The maximum absolute atomic E-state index is 14.3. The third kappa shape index (κ3) is 5.54. The molecule has 1 aromatic heterocycles. The molecule has 1 unspecified atom stereocenters. The van der Waals surface area contributed by atoms with Crippen molar-refractivity contribution in [3.63, 3.8) is 0 Å². The van der Waals surface area contributed by atoms with Crippen LogP contribution in [0.3, 0.4) is 0 Å². The standard InChI is InChI=1S/C19H14ClF4N3O6/c1-31-17(29)14-8-27(4-5-32-14)15-11(16(28)33-18(30)19(22,23)24)7-13(25-26-15)10-6-9(20)2-3-12(10)21/h2-3,6-7,14H,4-5,8H2,1H3. The van der Waals surface area contributed by atoms with Gasteiger partial charge in [-0.15, -0.1) is 10.2 Å². The number of carbonyl (C=O) groups is 3. The zero-order valence-electron chi connectivity index (χ0n) is 16.7. The van der Waals surface area contributed by atoms with Gasteiger partial charge in [-0.1, -0.05) is 11.6 Å². The number of methoxy groups -OCH3 is 1. The highest BCUT2D eigenvalue weighted by Crippen LogP contribution is 2.29. The van der Waals surface area contributed by atoms with Gasteiger partial charge in [0.15, 0.2) is 11.9 Å². The summed E-state index contributed by atoms with van der Waals surface area (Å²) in [5.41, 5.74) is -1.09. The molecule has 0 radical (unpaired) electrons. The van der Waals surface area contributed by atoms with Crippen LogP contribution < -0.4 is 4.90 Å². The van der Waals surface area contributed by atoms with Crippen molar-refractivity contribution in [2.75, 3.05) is 31.7 Å². The number of benzene rings is 1. The molecule has 14 heteroatoms. The van der Waals surface area contributed by atoms with E-state index >= 15 is 0 Å². The average Bonchev–Trinajstić information content (AvgIpc) is 2.79. The molecule has 2 aromatic rings. The summed E-state index contributed by atoms with van der Waals surface area (Å²) in [5.74, 6) is -6.29. The Bertz CT molecular complexity index is 1100. The number of nitrogens with zero attached hydrogens (tertiary/aromatic N) is 3. The van der Waals surface area contributed by atoms with Crippen LogP contribution in [0.1, 0.15) is 10.4 Å². The lowest BCUT2D eigenvalue weighted by atomic mass is 10.1. The van der Waals surface area contributed by atoms with E-state index in [1.807, 2.05) is 0 Å². The number of carbonyl (C=O) groups excluding carboxylic acids is 3. The third-order valence-corrected chi connectivity index (χ3v) is 4.68. The molecule has 176 valence electrons. The predicted molar refractivity (Wildman–Crippen MR) is 103 cm³/mol. The Labute approximate surface area is 188 Å². The van der Waals surface area contributed by atoms with Crippen molar-refractivity contribution in [2.24, 2.45) is 0 Å². The van der Waals surface area contributed by atoms with Crippen LogP contribution in [0.25, 0.3) is 11.3 Å². The number of hydrogen-bond acceptors (Lipinski definition) is 9. The summed E-state index contributed by atoms with van der Waals surface area (Å²) >= 11 is 5.86. The number of hydrogen-bond donors (Lipinski definition) is 0. The first-order valence-corrected chi connectivity index (χ1v) is 9.50. The van der Waals surface area contributed by atoms with E-state index in [-0.39, 0.29) is 41.8 Å². The molecular weight excluding hydrogens is 478 g/mol. The lowest BCUT2D eigenvalue weighted by Gasteiger charge is -2.32. The van der Waals surface area contributed by atoms with E-state index in [2.05, 4.69) is 19.7 Å². The molecule has 0 N–H and O–H groups in total. The van der Waals surface area contributed by atoms with Crippen LogP contribution in [0.2, 0.25) is 5.02 Å². The Hall–Kier alpha value is -3.32. The smallest absolute Gasteiger partial charge is 0.467 e. The Kier molecular flexibility index (Phi) is 7.12. The molecule has 1 fully saturated rings. The number of morpholine rings is 1. The zero-order chi connectivity index (χ0) is 24.3. The Morgan fingerprint density at radius 3 is 2.61 bits per heavy atom. The second kappa shape index (κ2) is 9.67. The van der Waals surface area contributed by atoms with E-state index in [1.54, 1.807) is 0 Å². The minimum atomic E-state index is -5.44. The van der Waals surface area contributed by atoms with E-state index in [0.717, 1.165) is 19.2 Å². The van der Waals surface area contributed by atoms with Crippen LogP contribution in [0.5, 0.6) is 0 Å². The Morgan fingerprint density at radius 2 is 1.94 bits per heavy atom. The van der Waals surface area contributed by atoms with E-state index in [4.69, 9.17) is 16.3 Å². The SMILES string of the molecule is COC(=O)C1CN(c2nnc(-c3cc(Cl)ccc3F)cc2C(=O)OC(=O)C(F)(F)F)CCO1. The molecule has 0 aliphatic carbocycles. The first-order chi connectivity index (χ1) is 15.5. The fraction of sp³-hybridized carbons (Fsp3) is 0.316. The summed E-state index contributed by atoms with van der Waals surface area (Å²) in [7, 11) is 1.13. The monoisotopic (exact) mass is 491 g/mol. The van der Waals surface area contributed by atoms with Crippen molar-refractivity contribution in [3.8, 4) is 11.3 Å². The van der Waals surface area contributed by atoms with Crippen LogP contribution in [0, 0.1) is 5.82 Å². The fourth-order valence-corrected chi connectivity index (χ4v) is 3.08. The summed E-state index contributed by atoms with van der Waals surface area (Å²) < 4.78 is 65.9. The van der Waals surface area contributed by atoms with Gasteiger partial charge in [0, 0.05) is 17.1 Å². The molecule has 9 nitrogen and oxygen atoms in total. The molecular formula is C19H14ClF4N3O6. The molecule has 1 aliphatic rings. The first-order valence-electron chi connectivity index (χ1n) is 9.12. The van der Waals surface area contributed by atoms with Gasteiger partial charge in [-0.05, 0) is 24.3 Å². The van der Waals surface area contributed by atoms with Gasteiger partial charge in [0.2, 0.25) is 0 Å². The molecule has 1 saturated heterocycles. The van der Waals surface area contributed by atoms with Crippen LogP contribution >= 0.6 is 11.6 Å². The topological polar surface area (TPSA) is 108 Å². The third-order valence-electron chi connectivity index (χ3n) is 4.45. The number of aromatic nitrogens is 2. The molecule has 33 heavy (non-hydrogen) atoms. The predicted octanol–water partition coefficient (Wildman–Crippen LogP) is 2.56. The minimum absolute atomic E-state index is 0.0257. The van der Waals surface area contributed by atoms with E-state index < -0.39 is 41.6 Å². The van der Waals surface area contributed by atoms with Gasteiger partial charge in [0.25, 0.3) is 0 Å². The Balaban J connectivity index is 2.05. The number of ether oxygens (including phenoxy) is 3. The van der Waals surface area contributed by atoms with Gasteiger partial charge in [0.05, 0.1) is 26.0 Å². The van der Waals surface area contributed by atoms with Gasteiger partial charge < -0.3 is 19.1 Å². The van der Waals surface area contributed by atoms with Gasteiger partial charge >= 0.3 is 24.1 Å². The maximum Gasteiger partial charge on any atom is 0.491 e. The minimum Gasteiger partial charge on any atom is -0.467 e. The Morgan fingerprint density at radius 1 is 1.21 bits per heavy atom. The van der Waals surface area contributed by atoms with Crippen molar-refractivity contribution in [2.45, 2.75) is 12.3 Å². The highest BCUT2D eigenvalue weighted by Gasteiger charge is 2.43. The average molecular weight is 492 g/mol. The number of alkyl halides is 3. The van der Waals surface area contributed by atoms with Gasteiger partial charge in [-0.25, -0.2) is 18.8 Å². The van der Waals surface area contributed by atoms with Crippen molar-refractivity contribution < 1.29 is 46.2 Å². The van der Waals surface area contributed by atoms with Gasteiger partial charge in [0.1, 0.15) is 11.4 Å². The molecule has 2 heterocycles. The molecule has 1 aromatic carbocycles. The van der Waals surface area contributed by atoms with Crippen molar-refractivity contribution in [1.82, 2.24) is 10.2 Å². The lowest BCUT2D eigenvalue weighted by Crippen LogP contribution is -2.47. The van der Waals surface area contributed by atoms with E-state index in [1.165, 1.54) is 17.0 Å². The number of esters is 3. The van der Waals surface area contributed by atoms with Crippen LogP contribution in [-0.4, -0.2) is 67.2 Å². The second-order valence-corrected chi connectivity index (χ2v) is 7.03. The van der Waals surface area contributed by atoms with Gasteiger partial charge in [-0.3, -0.25) is 0 Å². The van der Waals surface area contributed by atoms with Crippen LogP contribution in [-0.2, 0) is 23.8 Å². The number of anilines is 1. The van der Waals surface area contributed by atoms with Crippen LogP contribution in [0.4, 0.5) is 23.4 Å². The normalized spacial score (nSPS) is 16.3. The van der Waals surface area contributed by atoms with E-state index in [9.17, 15) is 31.9 Å². The summed E-state index contributed by atoms with van der Waals surface area (Å²) in [6.45, 7) is -0.164. The molecule has 0 saturated carbocycles. The van der Waals surface area contributed by atoms with E-state index in [0.29, 0.717) is 0 Å². The summed E-state index contributed by atoms with van der Waals surface area (Å²) in [6.07, 6.45) is -6.52. The zero-order valence-corrected chi connectivity index (χ0v) is 17.4.